The van der Waals surface area contributed by atoms with Gasteiger partial charge in [0.15, 0.2) is 11.6 Å². The fraction of sp³-hybridized carbons (Fsp3) is 0.476. The van der Waals surface area contributed by atoms with E-state index in [4.69, 9.17) is 14.2 Å². The van der Waals surface area contributed by atoms with Gasteiger partial charge >= 0.3 is 18.1 Å². The molecule has 0 amide bonds. The van der Waals surface area contributed by atoms with Crippen molar-refractivity contribution in [1.82, 2.24) is 9.88 Å². The number of aromatic nitrogens is 1. The molecule has 180 valence electrons. The van der Waals surface area contributed by atoms with Crippen LogP contribution in [0, 0.1) is 0 Å². The van der Waals surface area contributed by atoms with E-state index in [1.54, 1.807) is 17.0 Å². The van der Waals surface area contributed by atoms with E-state index in [2.05, 4.69) is 9.72 Å². The number of ether oxygens (including phenoxy) is 4. The fourth-order valence-electron chi connectivity index (χ4n) is 3.38. The number of alkyl halides is 3. The third kappa shape index (κ3) is 6.21. The van der Waals surface area contributed by atoms with Crippen molar-refractivity contribution in [3.63, 3.8) is 0 Å². The molecule has 0 bridgehead atoms. The lowest BCUT2D eigenvalue weighted by atomic mass is 10.1. The van der Waals surface area contributed by atoms with Crippen LogP contribution in [0.4, 0.5) is 13.2 Å². The molecule has 0 aliphatic carbocycles. The Balaban J connectivity index is 1.68. The number of methoxy groups -OCH3 is 2. The van der Waals surface area contributed by atoms with Crippen LogP contribution in [0.25, 0.3) is 0 Å². The molecule has 0 spiro atoms. The van der Waals surface area contributed by atoms with Gasteiger partial charge in [-0.1, -0.05) is 12.1 Å². The fourth-order valence-corrected chi connectivity index (χ4v) is 4.10. The van der Waals surface area contributed by atoms with Gasteiger partial charge in [0, 0.05) is 18.0 Å². The smallest absolute Gasteiger partial charge is 0.443 e. The number of rotatable bonds is 8. The average Bonchev–Trinajstić information content (AvgIpc) is 3.45. The third-order valence-corrected chi connectivity index (χ3v) is 5.98. The number of esters is 2. The van der Waals surface area contributed by atoms with Crippen molar-refractivity contribution in [2.24, 2.45) is 0 Å². The van der Waals surface area contributed by atoms with Crippen molar-refractivity contribution in [2.45, 2.75) is 37.9 Å². The zero-order valence-electron chi connectivity index (χ0n) is 18.1. The zero-order chi connectivity index (χ0) is 24.2. The van der Waals surface area contributed by atoms with Gasteiger partial charge in [-0.25, -0.2) is 14.6 Å². The molecule has 3 unspecified atom stereocenters. The number of nitrogens with zero attached hydrogens (tertiary/aromatic N) is 2. The predicted molar refractivity (Wildman–Crippen MR) is 111 cm³/mol. The van der Waals surface area contributed by atoms with E-state index < -0.39 is 35.5 Å². The molecule has 12 heteroatoms. The highest BCUT2D eigenvalue weighted by Gasteiger charge is 2.43. The summed E-state index contributed by atoms with van der Waals surface area (Å²) in [6.45, 7) is 1.86. The van der Waals surface area contributed by atoms with Gasteiger partial charge in [0.2, 0.25) is 6.23 Å². The van der Waals surface area contributed by atoms with Crippen molar-refractivity contribution >= 4 is 23.3 Å². The number of thiazole rings is 1. The standard InChI is InChI=1S/C21H23F3N2O6S/c1-12(8-13-4-6-14(7-5-13)31-10-17(27)29-2)26-9-16(32-18(26)19(28)30-3)15-11-33-20(25-15)21(22,23)24/h4-7,11-12,16,18H,8-10H2,1-3H3. The molecule has 1 saturated heterocycles. The maximum atomic E-state index is 12.9. The molecule has 1 fully saturated rings. The summed E-state index contributed by atoms with van der Waals surface area (Å²) in [5.41, 5.74) is 1.05. The summed E-state index contributed by atoms with van der Waals surface area (Å²) in [7, 11) is 2.49. The van der Waals surface area contributed by atoms with Crippen molar-refractivity contribution in [2.75, 3.05) is 27.4 Å². The molecule has 1 aliphatic heterocycles. The highest BCUT2D eigenvalue weighted by Crippen LogP contribution is 2.36. The minimum Gasteiger partial charge on any atom is -0.482 e. The number of hydrogen-bond acceptors (Lipinski definition) is 9. The van der Waals surface area contributed by atoms with Gasteiger partial charge in [-0.3, -0.25) is 4.90 Å². The Morgan fingerprint density at radius 3 is 2.52 bits per heavy atom. The summed E-state index contributed by atoms with van der Waals surface area (Å²) in [5, 5.41) is 0.333. The van der Waals surface area contributed by atoms with Crippen LogP contribution in [0.1, 0.15) is 29.3 Å². The first-order chi connectivity index (χ1) is 15.6. The van der Waals surface area contributed by atoms with Crippen LogP contribution >= 0.6 is 11.3 Å². The number of carbonyl (C=O) groups is 2. The first-order valence-corrected chi connectivity index (χ1v) is 10.8. The largest absolute Gasteiger partial charge is 0.482 e. The number of hydrogen-bond donors (Lipinski definition) is 0. The lowest BCUT2D eigenvalue weighted by Crippen LogP contribution is -2.44. The van der Waals surface area contributed by atoms with E-state index in [0.717, 1.165) is 5.56 Å². The SMILES string of the molecule is COC(=O)COc1ccc(CC(C)N2CC(c3csc(C(F)(F)F)n3)OC2C(=O)OC)cc1. The van der Waals surface area contributed by atoms with Crippen LogP contribution in [0.2, 0.25) is 0 Å². The van der Waals surface area contributed by atoms with Gasteiger partial charge < -0.3 is 18.9 Å². The predicted octanol–water partition coefficient (Wildman–Crippen LogP) is 3.22. The second kappa shape index (κ2) is 10.5. The van der Waals surface area contributed by atoms with Gasteiger partial charge in [0.25, 0.3) is 0 Å². The van der Waals surface area contributed by atoms with Crippen molar-refractivity contribution in [3.05, 3.63) is 45.9 Å². The second-order valence-electron chi connectivity index (χ2n) is 7.33. The Morgan fingerprint density at radius 2 is 1.94 bits per heavy atom. The molecular formula is C21H23F3N2O6S. The minimum absolute atomic E-state index is 0.128. The molecule has 3 atom stereocenters. The highest BCUT2D eigenvalue weighted by molar-refractivity contribution is 7.09. The van der Waals surface area contributed by atoms with Crippen LogP contribution in [-0.4, -0.2) is 61.5 Å². The molecule has 33 heavy (non-hydrogen) atoms. The van der Waals surface area contributed by atoms with Crippen molar-refractivity contribution in [3.8, 4) is 5.75 Å². The van der Waals surface area contributed by atoms with Gasteiger partial charge in [0.05, 0.1) is 19.9 Å². The molecule has 1 aromatic carbocycles. The van der Waals surface area contributed by atoms with E-state index in [1.165, 1.54) is 19.6 Å². The molecule has 1 aliphatic rings. The highest BCUT2D eigenvalue weighted by atomic mass is 32.1. The molecule has 0 N–H and O–H groups in total. The summed E-state index contributed by atoms with van der Waals surface area (Å²) in [4.78, 5) is 28.8. The summed E-state index contributed by atoms with van der Waals surface area (Å²) < 4.78 is 59.2. The van der Waals surface area contributed by atoms with Crippen LogP contribution in [0.5, 0.6) is 5.75 Å². The minimum atomic E-state index is -4.54. The van der Waals surface area contributed by atoms with Gasteiger partial charge in [-0.15, -0.1) is 11.3 Å². The first-order valence-electron chi connectivity index (χ1n) is 9.92. The van der Waals surface area contributed by atoms with Crippen molar-refractivity contribution in [1.29, 1.82) is 0 Å². The quantitative estimate of drug-likeness (QED) is 0.524. The molecule has 0 saturated carbocycles. The van der Waals surface area contributed by atoms with E-state index in [0.29, 0.717) is 23.5 Å². The summed E-state index contributed by atoms with van der Waals surface area (Å²) >= 11 is 0.488. The Labute approximate surface area is 192 Å². The Morgan fingerprint density at radius 1 is 1.24 bits per heavy atom. The van der Waals surface area contributed by atoms with Crippen LogP contribution in [-0.2, 0) is 36.4 Å². The number of carbonyl (C=O) groups excluding carboxylic acids is 2. The molecule has 2 heterocycles. The van der Waals surface area contributed by atoms with Gasteiger partial charge in [-0.2, -0.15) is 13.2 Å². The van der Waals surface area contributed by atoms with Crippen LogP contribution < -0.4 is 4.74 Å². The molecule has 8 nitrogen and oxygen atoms in total. The lowest BCUT2D eigenvalue weighted by Gasteiger charge is -2.27. The molecule has 2 aromatic rings. The number of halogens is 3. The van der Waals surface area contributed by atoms with E-state index in [-0.39, 0.29) is 24.9 Å². The molecule has 3 rings (SSSR count). The first kappa shape index (κ1) is 24.9. The maximum Gasteiger partial charge on any atom is 0.443 e. The summed E-state index contributed by atoms with van der Waals surface area (Å²) in [5.74, 6) is -0.632. The topological polar surface area (TPSA) is 87.2 Å². The average molecular weight is 488 g/mol. The molecule has 0 radical (unpaired) electrons. The van der Waals surface area contributed by atoms with E-state index >= 15 is 0 Å². The van der Waals surface area contributed by atoms with Crippen LogP contribution in [0.15, 0.2) is 29.6 Å². The van der Waals surface area contributed by atoms with Crippen molar-refractivity contribution < 1.29 is 41.7 Å². The monoisotopic (exact) mass is 488 g/mol. The lowest BCUT2D eigenvalue weighted by molar-refractivity contribution is -0.162. The Bertz CT molecular complexity index is 966. The summed E-state index contributed by atoms with van der Waals surface area (Å²) in [6.07, 6.45) is -5.87. The van der Waals surface area contributed by atoms with E-state index in [9.17, 15) is 22.8 Å². The van der Waals surface area contributed by atoms with E-state index in [1.807, 2.05) is 19.1 Å². The third-order valence-electron chi connectivity index (χ3n) is 5.07. The zero-order valence-corrected chi connectivity index (χ0v) is 18.9. The van der Waals surface area contributed by atoms with Crippen LogP contribution in [0.3, 0.4) is 0 Å². The Hall–Kier alpha value is -2.70. The molecule has 1 aromatic heterocycles. The van der Waals surface area contributed by atoms with Gasteiger partial charge in [-0.05, 0) is 31.0 Å². The molecular weight excluding hydrogens is 465 g/mol. The maximum absolute atomic E-state index is 12.9. The van der Waals surface area contributed by atoms with Gasteiger partial charge in [0.1, 0.15) is 11.9 Å². The number of benzene rings is 1. The normalized spacial score (nSPS) is 19.8. The second-order valence-corrected chi connectivity index (χ2v) is 8.19. The Kier molecular flexibility index (Phi) is 7.92. The summed E-state index contributed by atoms with van der Waals surface area (Å²) in [6, 6.07) is 6.85.